The Bertz CT molecular complexity index is 482. The van der Waals surface area contributed by atoms with Gasteiger partial charge in [-0.25, -0.2) is 0 Å². The van der Waals surface area contributed by atoms with Crippen molar-refractivity contribution in [2.75, 3.05) is 29.9 Å². The lowest BCUT2D eigenvalue weighted by molar-refractivity contribution is -0.136. The number of carbonyl (C=O) groups excluding carboxylic acids is 2. The zero-order chi connectivity index (χ0) is 15.1. The van der Waals surface area contributed by atoms with Crippen LogP contribution in [-0.4, -0.2) is 31.4 Å². The van der Waals surface area contributed by atoms with Crippen molar-refractivity contribution in [2.24, 2.45) is 0 Å². The molecule has 1 aromatic carbocycles. The Hall–Kier alpha value is -2.04. The molecule has 110 valence electrons. The maximum absolute atomic E-state index is 11.7. The van der Waals surface area contributed by atoms with Crippen LogP contribution in [0.5, 0.6) is 0 Å². The zero-order valence-electron chi connectivity index (χ0n) is 12.6. The van der Waals surface area contributed by atoms with Gasteiger partial charge in [-0.1, -0.05) is 0 Å². The minimum atomic E-state index is -0.634. The Morgan fingerprint density at radius 2 is 1.75 bits per heavy atom. The molecule has 0 spiro atoms. The van der Waals surface area contributed by atoms with E-state index in [2.05, 4.69) is 29.4 Å². The van der Waals surface area contributed by atoms with Crippen molar-refractivity contribution < 1.29 is 9.59 Å². The first-order valence-electron chi connectivity index (χ1n) is 6.98. The summed E-state index contributed by atoms with van der Waals surface area (Å²) in [5.74, 6) is -1.25. The second-order valence-electron chi connectivity index (χ2n) is 4.49. The Morgan fingerprint density at radius 3 is 2.25 bits per heavy atom. The fourth-order valence-corrected chi connectivity index (χ4v) is 1.99. The largest absolute Gasteiger partial charge is 0.372 e. The first kappa shape index (κ1) is 16.0. The average Bonchev–Trinajstić information content (AvgIpc) is 2.43. The highest BCUT2D eigenvalue weighted by molar-refractivity contribution is 6.39. The van der Waals surface area contributed by atoms with Crippen molar-refractivity contribution in [1.82, 2.24) is 5.32 Å². The molecule has 1 aromatic rings. The van der Waals surface area contributed by atoms with Crippen molar-refractivity contribution in [1.29, 1.82) is 0 Å². The fourth-order valence-electron chi connectivity index (χ4n) is 1.99. The van der Waals surface area contributed by atoms with Crippen molar-refractivity contribution in [3.63, 3.8) is 0 Å². The number of nitrogens with zero attached hydrogens (tertiary/aromatic N) is 1. The van der Waals surface area contributed by atoms with E-state index in [-0.39, 0.29) is 0 Å². The number of anilines is 2. The molecule has 0 radical (unpaired) electrons. The van der Waals surface area contributed by atoms with Gasteiger partial charge in [0, 0.05) is 31.0 Å². The van der Waals surface area contributed by atoms with Crippen molar-refractivity contribution in [2.45, 2.75) is 27.7 Å². The molecule has 2 amide bonds. The van der Waals surface area contributed by atoms with E-state index < -0.39 is 11.8 Å². The Morgan fingerprint density at radius 1 is 1.10 bits per heavy atom. The summed E-state index contributed by atoms with van der Waals surface area (Å²) in [6, 6.07) is 5.80. The first-order valence-corrected chi connectivity index (χ1v) is 6.98. The summed E-state index contributed by atoms with van der Waals surface area (Å²) in [7, 11) is 0. The second-order valence-corrected chi connectivity index (χ2v) is 4.49. The van der Waals surface area contributed by atoms with Gasteiger partial charge in [0.2, 0.25) is 0 Å². The molecule has 0 bridgehead atoms. The Balaban J connectivity index is 2.83. The first-order chi connectivity index (χ1) is 9.53. The number of nitrogens with one attached hydrogen (secondary N) is 2. The molecule has 5 heteroatoms. The predicted molar refractivity (Wildman–Crippen MR) is 82.1 cm³/mol. The zero-order valence-corrected chi connectivity index (χ0v) is 12.6. The lowest BCUT2D eigenvalue weighted by Gasteiger charge is -2.22. The monoisotopic (exact) mass is 277 g/mol. The predicted octanol–water partition coefficient (Wildman–Crippen LogP) is 1.92. The van der Waals surface area contributed by atoms with Gasteiger partial charge in [-0.15, -0.1) is 0 Å². The van der Waals surface area contributed by atoms with Crippen molar-refractivity contribution in [3.8, 4) is 0 Å². The topological polar surface area (TPSA) is 61.4 Å². The van der Waals surface area contributed by atoms with E-state index in [1.165, 1.54) is 0 Å². The van der Waals surface area contributed by atoms with Crippen LogP contribution in [0.25, 0.3) is 0 Å². The number of carbonyl (C=O) groups is 2. The number of benzene rings is 1. The van der Waals surface area contributed by atoms with Gasteiger partial charge in [0.25, 0.3) is 0 Å². The van der Waals surface area contributed by atoms with E-state index in [1.54, 1.807) is 6.92 Å². The van der Waals surface area contributed by atoms with Gasteiger partial charge in [-0.05, 0) is 51.5 Å². The van der Waals surface area contributed by atoms with Gasteiger partial charge in [-0.2, -0.15) is 0 Å². The highest BCUT2D eigenvalue weighted by atomic mass is 16.2. The summed E-state index contributed by atoms with van der Waals surface area (Å²) in [5, 5.41) is 5.10. The third-order valence-corrected chi connectivity index (χ3v) is 3.13. The van der Waals surface area contributed by atoms with Crippen LogP contribution < -0.4 is 15.5 Å². The molecule has 0 aromatic heterocycles. The van der Waals surface area contributed by atoms with E-state index in [0.29, 0.717) is 12.2 Å². The second kappa shape index (κ2) is 7.53. The molecule has 2 N–H and O–H groups in total. The summed E-state index contributed by atoms with van der Waals surface area (Å²) < 4.78 is 0. The van der Waals surface area contributed by atoms with Crippen LogP contribution in [0, 0.1) is 6.92 Å². The average molecular weight is 277 g/mol. The van der Waals surface area contributed by atoms with Crippen LogP contribution in [0.3, 0.4) is 0 Å². The summed E-state index contributed by atoms with van der Waals surface area (Å²) >= 11 is 0. The van der Waals surface area contributed by atoms with Gasteiger partial charge in [0.15, 0.2) is 0 Å². The fraction of sp³-hybridized carbons (Fsp3) is 0.467. The highest BCUT2D eigenvalue weighted by Gasteiger charge is 2.14. The SMILES string of the molecule is CCNC(=O)C(=O)Nc1ccc(N(CC)CC)cc1C. The molecule has 0 fully saturated rings. The molecular formula is C15H23N3O2. The molecule has 0 unspecified atom stereocenters. The summed E-state index contributed by atoms with van der Waals surface area (Å²) in [6.07, 6.45) is 0. The molecule has 0 heterocycles. The normalized spacial score (nSPS) is 10.0. The van der Waals surface area contributed by atoms with Crippen LogP contribution >= 0.6 is 0 Å². The molecule has 1 rings (SSSR count). The molecule has 5 nitrogen and oxygen atoms in total. The van der Waals surface area contributed by atoms with Crippen LogP contribution in [0.4, 0.5) is 11.4 Å². The van der Waals surface area contributed by atoms with Crippen molar-refractivity contribution in [3.05, 3.63) is 23.8 Å². The minimum absolute atomic E-state index is 0.437. The Labute approximate surface area is 120 Å². The lowest BCUT2D eigenvalue weighted by Crippen LogP contribution is -2.35. The standard InChI is InChI=1S/C15H23N3O2/c1-5-16-14(19)15(20)17-13-9-8-12(10-11(13)4)18(6-2)7-3/h8-10H,5-7H2,1-4H3,(H,16,19)(H,17,20). The van der Waals surface area contributed by atoms with Gasteiger partial charge in [-0.3, -0.25) is 9.59 Å². The maximum atomic E-state index is 11.7. The third-order valence-electron chi connectivity index (χ3n) is 3.13. The van der Waals surface area contributed by atoms with E-state index in [1.807, 2.05) is 25.1 Å². The number of likely N-dealkylation sites (N-methyl/N-ethyl adjacent to an activating group) is 1. The molecule has 20 heavy (non-hydrogen) atoms. The van der Waals surface area contributed by atoms with Crippen LogP contribution in [-0.2, 0) is 9.59 Å². The number of amides is 2. The third kappa shape index (κ3) is 3.98. The lowest BCUT2D eigenvalue weighted by atomic mass is 10.1. The summed E-state index contributed by atoms with van der Waals surface area (Å²) in [5.41, 5.74) is 2.72. The van der Waals surface area contributed by atoms with Crippen molar-refractivity contribution >= 4 is 23.2 Å². The molecule has 0 aliphatic rings. The number of aryl methyl sites for hydroxylation is 1. The van der Waals surface area contributed by atoms with Gasteiger partial charge < -0.3 is 15.5 Å². The van der Waals surface area contributed by atoms with Crippen LogP contribution in [0.15, 0.2) is 18.2 Å². The van der Waals surface area contributed by atoms with E-state index in [9.17, 15) is 9.59 Å². The quantitative estimate of drug-likeness (QED) is 0.808. The summed E-state index contributed by atoms with van der Waals surface area (Å²) in [6.45, 7) is 10.2. The number of rotatable bonds is 5. The van der Waals surface area contributed by atoms with Gasteiger partial charge >= 0.3 is 11.8 Å². The molecular weight excluding hydrogens is 254 g/mol. The highest BCUT2D eigenvalue weighted by Crippen LogP contribution is 2.22. The molecule has 0 aliphatic carbocycles. The smallest absolute Gasteiger partial charge is 0.313 e. The Kier molecular flexibility index (Phi) is 6.03. The molecule has 0 saturated heterocycles. The number of hydrogen-bond acceptors (Lipinski definition) is 3. The van der Waals surface area contributed by atoms with Crippen LogP contribution in [0.2, 0.25) is 0 Å². The number of hydrogen-bond donors (Lipinski definition) is 2. The van der Waals surface area contributed by atoms with Gasteiger partial charge in [0.1, 0.15) is 0 Å². The van der Waals surface area contributed by atoms with Crippen LogP contribution in [0.1, 0.15) is 26.3 Å². The van der Waals surface area contributed by atoms with Gasteiger partial charge in [0.05, 0.1) is 0 Å². The van der Waals surface area contributed by atoms with E-state index >= 15 is 0 Å². The molecule has 0 atom stereocenters. The summed E-state index contributed by atoms with van der Waals surface area (Å²) in [4.78, 5) is 25.3. The molecule has 0 saturated carbocycles. The minimum Gasteiger partial charge on any atom is -0.372 e. The molecule has 0 aliphatic heterocycles. The maximum Gasteiger partial charge on any atom is 0.313 e. The van der Waals surface area contributed by atoms with E-state index in [4.69, 9.17) is 0 Å². The van der Waals surface area contributed by atoms with E-state index in [0.717, 1.165) is 24.3 Å².